The van der Waals surface area contributed by atoms with Gasteiger partial charge in [-0.1, -0.05) is 0 Å². The molecule has 1 saturated heterocycles. The van der Waals surface area contributed by atoms with Crippen LogP contribution in [0.4, 0.5) is 0 Å². The highest BCUT2D eigenvalue weighted by molar-refractivity contribution is 5.73. The molecule has 57 valence electrons. The fourth-order valence-electron chi connectivity index (χ4n) is 0.983. The molecule has 2 unspecified atom stereocenters. The van der Waals surface area contributed by atoms with Crippen LogP contribution in [-0.4, -0.2) is 34.9 Å². The van der Waals surface area contributed by atoms with Gasteiger partial charge in [-0.05, 0) is 12.8 Å². The van der Waals surface area contributed by atoms with Crippen molar-refractivity contribution in [3.8, 4) is 0 Å². The van der Waals surface area contributed by atoms with Crippen LogP contribution in [0.2, 0.25) is 0 Å². The van der Waals surface area contributed by atoms with Gasteiger partial charge < -0.3 is 10.2 Å². The Balaban J connectivity index is 2.33. The molecule has 0 aliphatic carbocycles. The molecule has 0 amide bonds. The number of carboxylic acids is 1. The minimum absolute atomic E-state index is 0.275. The monoisotopic (exact) mass is 144 g/mol. The summed E-state index contributed by atoms with van der Waals surface area (Å²) in [5.74, 6) is -0.882. The van der Waals surface area contributed by atoms with Crippen molar-refractivity contribution in [3.05, 3.63) is 0 Å². The van der Waals surface area contributed by atoms with Crippen LogP contribution in [0.15, 0.2) is 0 Å². The van der Waals surface area contributed by atoms with Gasteiger partial charge in [0.05, 0.1) is 6.10 Å². The maximum absolute atomic E-state index is 10.3. The standard InChI is InChI=1S/C6H10NO3/c8-4-1-2-5(6(9)10)7-3-4/h4-5,8H,1-3H2,(H,9,10). The van der Waals surface area contributed by atoms with Gasteiger partial charge in [0.25, 0.3) is 0 Å². The summed E-state index contributed by atoms with van der Waals surface area (Å²) in [6.45, 7) is 0.275. The van der Waals surface area contributed by atoms with E-state index in [-0.39, 0.29) is 6.54 Å². The number of aliphatic carboxylic acids is 1. The number of carbonyl (C=O) groups is 1. The summed E-state index contributed by atoms with van der Waals surface area (Å²) in [7, 11) is 0. The molecule has 1 fully saturated rings. The summed E-state index contributed by atoms with van der Waals surface area (Å²) >= 11 is 0. The Morgan fingerprint density at radius 3 is 2.60 bits per heavy atom. The van der Waals surface area contributed by atoms with Crippen LogP contribution in [0.1, 0.15) is 12.8 Å². The van der Waals surface area contributed by atoms with Gasteiger partial charge in [-0.25, -0.2) is 5.32 Å². The Morgan fingerprint density at radius 2 is 2.20 bits per heavy atom. The van der Waals surface area contributed by atoms with Gasteiger partial charge in [-0.2, -0.15) is 0 Å². The number of carboxylic acid groups (broad SMARTS) is 1. The van der Waals surface area contributed by atoms with Crippen LogP contribution in [0, 0.1) is 0 Å². The van der Waals surface area contributed by atoms with E-state index in [2.05, 4.69) is 5.32 Å². The molecule has 4 heteroatoms. The first-order valence-corrected chi connectivity index (χ1v) is 3.27. The first-order valence-electron chi connectivity index (χ1n) is 3.27. The second kappa shape index (κ2) is 2.98. The lowest BCUT2D eigenvalue weighted by Gasteiger charge is -2.21. The van der Waals surface area contributed by atoms with Crippen molar-refractivity contribution < 1.29 is 15.0 Å². The van der Waals surface area contributed by atoms with E-state index in [9.17, 15) is 4.79 Å². The molecule has 1 heterocycles. The second-order valence-electron chi connectivity index (χ2n) is 2.45. The van der Waals surface area contributed by atoms with Gasteiger partial charge in [-0.3, -0.25) is 4.79 Å². The van der Waals surface area contributed by atoms with Gasteiger partial charge in [-0.15, -0.1) is 0 Å². The molecule has 2 N–H and O–H groups in total. The highest BCUT2D eigenvalue weighted by atomic mass is 16.4. The van der Waals surface area contributed by atoms with Crippen molar-refractivity contribution in [2.75, 3.05) is 6.54 Å². The van der Waals surface area contributed by atoms with Crippen molar-refractivity contribution in [2.24, 2.45) is 0 Å². The molecule has 2 atom stereocenters. The number of piperidine rings is 1. The molecule has 1 radical (unpaired) electrons. The molecule has 0 aromatic rings. The third-order valence-corrected chi connectivity index (χ3v) is 1.59. The lowest BCUT2D eigenvalue weighted by Crippen LogP contribution is -2.40. The maximum Gasteiger partial charge on any atom is 0.322 e. The Hall–Kier alpha value is -0.610. The number of hydrogen-bond acceptors (Lipinski definition) is 2. The molecular weight excluding hydrogens is 134 g/mol. The van der Waals surface area contributed by atoms with Gasteiger partial charge >= 0.3 is 5.97 Å². The summed E-state index contributed by atoms with van der Waals surface area (Å²) in [5, 5.41) is 21.1. The van der Waals surface area contributed by atoms with Crippen molar-refractivity contribution in [1.82, 2.24) is 5.32 Å². The SMILES string of the molecule is O=C(O)C1CCC(O)C[N]1. The molecule has 4 nitrogen and oxygen atoms in total. The Morgan fingerprint density at radius 1 is 1.50 bits per heavy atom. The second-order valence-corrected chi connectivity index (χ2v) is 2.45. The molecule has 1 aliphatic rings. The van der Waals surface area contributed by atoms with Gasteiger partial charge in [0, 0.05) is 6.54 Å². The molecule has 0 bridgehead atoms. The lowest BCUT2D eigenvalue weighted by molar-refractivity contribution is -0.140. The third kappa shape index (κ3) is 1.68. The predicted octanol–water partition coefficient (Wildman–Crippen LogP) is -0.801. The quantitative estimate of drug-likeness (QED) is 0.506. The molecule has 1 rings (SSSR count). The lowest BCUT2D eigenvalue weighted by atomic mass is 10.0. The Labute approximate surface area is 58.9 Å². The number of aliphatic hydroxyl groups excluding tert-OH is 1. The first-order chi connectivity index (χ1) is 4.70. The summed E-state index contributed by atoms with van der Waals surface area (Å²) < 4.78 is 0. The molecule has 0 aromatic heterocycles. The summed E-state index contributed by atoms with van der Waals surface area (Å²) in [6.07, 6.45) is 0.604. The predicted molar refractivity (Wildman–Crippen MR) is 33.7 cm³/mol. The van der Waals surface area contributed by atoms with E-state index in [1.807, 2.05) is 0 Å². The largest absolute Gasteiger partial charge is 0.480 e. The zero-order valence-electron chi connectivity index (χ0n) is 5.53. The van der Waals surface area contributed by atoms with Crippen LogP contribution < -0.4 is 5.32 Å². The number of rotatable bonds is 1. The molecule has 0 aromatic carbocycles. The number of aliphatic hydroxyl groups is 1. The first kappa shape index (κ1) is 7.50. The summed E-state index contributed by atoms with van der Waals surface area (Å²) in [4.78, 5) is 10.3. The minimum Gasteiger partial charge on any atom is -0.480 e. The molecule has 10 heavy (non-hydrogen) atoms. The van der Waals surface area contributed by atoms with Gasteiger partial charge in [0.1, 0.15) is 6.04 Å². The highest BCUT2D eigenvalue weighted by Gasteiger charge is 2.24. The van der Waals surface area contributed by atoms with Crippen LogP contribution >= 0.6 is 0 Å². The van der Waals surface area contributed by atoms with Crippen LogP contribution in [0.5, 0.6) is 0 Å². The fraction of sp³-hybridized carbons (Fsp3) is 0.833. The smallest absolute Gasteiger partial charge is 0.322 e. The average molecular weight is 144 g/mol. The van der Waals surface area contributed by atoms with E-state index < -0.39 is 18.1 Å². The van der Waals surface area contributed by atoms with Crippen LogP contribution in [0.3, 0.4) is 0 Å². The molecule has 0 spiro atoms. The maximum atomic E-state index is 10.3. The highest BCUT2D eigenvalue weighted by Crippen LogP contribution is 2.08. The molecule has 0 saturated carbocycles. The third-order valence-electron chi connectivity index (χ3n) is 1.59. The van der Waals surface area contributed by atoms with Crippen molar-refractivity contribution >= 4 is 5.97 Å². The van der Waals surface area contributed by atoms with Crippen molar-refractivity contribution in [1.29, 1.82) is 0 Å². The van der Waals surface area contributed by atoms with Crippen LogP contribution in [0.25, 0.3) is 0 Å². The zero-order chi connectivity index (χ0) is 7.56. The minimum atomic E-state index is -0.882. The van der Waals surface area contributed by atoms with Crippen LogP contribution in [-0.2, 0) is 4.79 Å². The summed E-state index contributed by atoms with van der Waals surface area (Å²) in [5.41, 5.74) is 0. The Bertz CT molecular complexity index is 129. The van der Waals surface area contributed by atoms with E-state index in [0.717, 1.165) is 0 Å². The van der Waals surface area contributed by atoms with Gasteiger partial charge in [0.2, 0.25) is 0 Å². The Kier molecular flexibility index (Phi) is 2.24. The topological polar surface area (TPSA) is 71.6 Å². The summed E-state index contributed by atoms with van der Waals surface area (Å²) in [6, 6.07) is -0.580. The van der Waals surface area contributed by atoms with Crippen molar-refractivity contribution in [2.45, 2.75) is 25.0 Å². The fourth-order valence-corrected chi connectivity index (χ4v) is 0.983. The van der Waals surface area contributed by atoms with E-state index in [0.29, 0.717) is 12.8 Å². The number of hydrogen-bond donors (Lipinski definition) is 2. The average Bonchev–Trinajstić information content (AvgIpc) is 1.88. The van der Waals surface area contributed by atoms with E-state index >= 15 is 0 Å². The molecule has 1 aliphatic heterocycles. The zero-order valence-corrected chi connectivity index (χ0v) is 5.53. The molecular formula is C6H10NO3. The van der Waals surface area contributed by atoms with E-state index in [4.69, 9.17) is 10.2 Å². The van der Waals surface area contributed by atoms with Gasteiger partial charge in [0.15, 0.2) is 0 Å². The normalized spacial score (nSPS) is 33.7. The van der Waals surface area contributed by atoms with Crippen molar-refractivity contribution in [3.63, 3.8) is 0 Å². The number of nitrogens with zero attached hydrogens (tertiary/aromatic N) is 1. The van der Waals surface area contributed by atoms with E-state index in [1.165, 1.54) is 0 Å². The van der Waals surface area contributed by atoms with E-state index in [1.54, 1.807) is 0 Å².